The highest BCUT2D eigenvalue weighted by molar-refractivity contribution is 5.81. The van der Waals surface area contributed by atoms with Gasteiger partial charge in [0.05, 0.1) is 13.2 Å². The largest absolute Gasteiger partial charge is 0.468 e. The topological polar surface area (TPSA) is 47.6 Å². The van der Waals surface area contributed by atoms with Gasteiger partial charge >= 0.3 is 5.97 Å². The van der Waals surface area contributed by atoms with Crippen LogP contribution in [0, 0.1) is 0 Å². The number of carbonyl (C=O) groups excluding carboxylic acids is 1. The quantitative estimate of drug-likeness (QED) is 0.508. The van der Waals surface area contributed by atoms with Crippen LogP contribution in [0.2, 0.25) is 0 Å². The van der Waals surface area contributed by atoms with Crippen LogP contribution in [-0.2, 0) is 14.3 Å². The Bertz CT molecular complexity index is 206. The fourth-order valence-electron chi connectivity index (χ4n) is 1.11. The zero-order valence-electron chi connectivity index (χ0n) is 9.29. The third kappa shape index (κ3) is 2.82. The molecule has 14 heavy (non-hydrogen) atoms. The molecular formula is C10H19NO3. The van der Waals surface area contributed by atoms with Crippen molar-refractivity contribution in [2.75, 3.05) is 20.8 Å². The molecule has 0 aliphatic rings. The molecule has 0 rings (SSSR count). The second-order valence-electron chi connectivity index (χ2n) is 3.24. The number of rotatable bonds is 6. The molecule has 0 aliphatic heterocycles. The summed E-state index contributed by atoms with van der Waals surface area (Å²) in [4.78, 5) is 11.5. The lowest BCUT2D eigenvalue weighted by Crippen LogP contribution is -2.58. The zero-order chi connectivity index (χ0) is 11.2. The molecule has 0 aromatic heterocycles. The van der Waals surface area contributed by atoms with E-state index in [0.717, 1.165) is 0 Å². The average molecular weight is 201 g/mol. The van der Waals surface area contributed by atoms with Crippen molar-refractivity contribution >= 4 is 5.97 Å². The summed E-state index contributed by atoms with van der Waals surface area (Å²) in [6, 6.07) is 0. The van der Waals surface area contributed by atoms with E-state index in [1.165, 1.54) is 7.11 Å². The number of hydrogen-bond donors (Lipinski definition) is 1. The van der Waals surface area contributed by atoms with Crippen molar-refractivity contribution in [2.24, 2.45) is 0 Å². The van der Waals surface area contributed by atoms with Crippen molar-refractivity contribution in [3.63, 3.8) is 0 Å². The van der Waals surface area contributed by atoms with Crippen LogP contribution in [0.25, 0.3) is 0 Å². The first-order valence-corrected chi connectivity index (χ1v) is 4.50. The van der Waals surface area contributed by atoms with E-state index in [0.29, 0.717) is 6.54 Å². The van der Waals surface area contributed by atoms with Gasteiger partial charge in [-0.3, -0.25) is 5.32 Å². The van der Waals surface area contributed by atoms with Crippen molar-refractivity contribution < 1.29 is 14.3 Å². The van der Waals surface area contributed by atoms with Crippen molar-refractivity contribution in [3.05, 3.63) is 12.7 Å². The minimum absolute atomic E-state index is 0.269. The van der Waals surface area contributed by atoms with Gasteiger partial charge in [-0.25, -0.2) is 4.79 Å². The van der Waals surface area contributed by atoms with Crippen LogP contribution in [0.3, 0.4) is 0 Å². The van der Waals surface area contributed by atoms with Gasteiger partial charge in [0.25, 0.3) is 0 Å². The number of nitrogens with one attached hydrogen (secondary N) is 1. The predicted molar refractivity (Wildman–Crippen MR) is 55.1 cm³/mol. The van der Waals surface area contributed by atoms with Crippen LogP contribution < -0.4 is 5.32 Å². The molecule has 0 heterocycles. The number of hydrogen-bond acceptors (Lipinski definition) is 4. The van der Waals surface area contributed by atoms with Crippen LogP contribution >= 0.6 is 0 Å². The fourth-order valence-corrected chi connectivity index (χ4v) is 1.11. The number of methoxy groups -OCH3 is 2. The lowest BCUT2D eigenvalue weighted by molar-refractivity contribution is -0.153. The van der Waals surface area contributed by atoms with Crippen LogP contribution in [0.15, 0.2) is 12.7 Å². The maximum absolute atomic E-state index is 11.5. The highest BCUT2D eigenvalue weighted by Crippen LogP contribution is 2.14. The summed E-state index contributed by atoms with van der Waals surface area (Å²) >= 11 is 0. The first kappa shape index (κ1) is 13.1. The summed E-state index contributed by atoms with van der Waals surface area (Å²) < 4.78 is 9.86. The lowest BCUT2D eigenvalue weighted by atomic mass is 9.96. The highest BCUT2D eigenvalue weighted by Gasteiger charge is 2.39. The molecular weight excluding hydrogens is 182 g/mol. The minimum Gasteiger partial charge on any atom is -0.468 e. The Hall–Kier alpha value is -0.870. The van der Waals surface area contributed by atoms with E-state index in [1.807, 2.05) is 6.92 Å². The third-order valence-electron chi connectivity index (χ3n) is 2.39. The lowest BCUT2D eigenvalue weighted by Gasteiger charge is -2.32. The zero-order valence-corrected chi connectivity index (χ0v) is 9.29. The van der Waals surface area contributed by atoms with E-state index in [2.05, 4.69) is 11.9 Å². The Morgan fingerprint density at radius 2 is 2.21 bits per heavy atom. The first-order chi connectivity index (χ1) is 6.52. The number of ether oxygens (including phenoxy) is 2. The molecule has 0 radical (unpaired) electrons. The van der Waals surface area contributed by atoms with Crippen molar-refractivity contribution in [3.8, 4) is 0 Å². The molecule has 0 aromatic carbocycles. The number of esters is 1. The van der Waals surface area contributed by atoms with Gasteiger partial charge in [0.1, 0.15) is 5.54 Å². The van der Waals surface area contributed by atoms with Gasteiger partial charge in [-0.15, -0.1) is 6.58 Å². The Kier molecular flexibility index (Phi) is 5.42. The maximum atomic E-state index is 11.5. The molecule has 2 atom stereocenters. The normalized spacial score (nSPS) is 16.9. The summed E-state index contributed by atoms with van der Waals surface area (Å²) in [5, 5.41) is 3.03. The molecule has 82 valence electrons. The van der Waals surface area contributed by atoms with Gasteiger partial charge in [0, 0.05) is 13.7 Å². The van der Waals surface area contributed by atoms with Crippen LogP contribution in [0.5, 0.6) is 0 Å². The van der Waals surface area contributed by atoms with E-state index in [4.69, 9.17) is 9.47 Å². The monoisotopic (exact) mass is 201 g/mol. The van der Waals surface area contributed by atoms with Crippen LogP contribution in [0.4, 0.5) is 0 Å². The molecule has 0 aromatic rings. The van der Waals surface area contributed by atoms with E-state index in [-0.39, 0.29) is 12.1 Å². The molecule has 2 unspecified atom stereocenters. The molecule has 0 saturated carbocycles. The van der Waals surface area contributed by atoms with Crippen molar-refractivity contribution in [2.45, 2.75) is 25.5 Å². The van der Waals surface area contributed by atoms with Crippen LogP contribution in [0.1, 0.15) is 13.8 Å². The van der Waals surface area contributed by atoms with Crippen LogP contribution in [-0.4, -0.2) is 38.4 Å². The Morgan fingerprint density at radius 1 is 1.64 bits per heavy atom. The summed E-state index contributed by atoms with van der Waals surface area (Å²) in [6.45, 7) is 7.66. The van der Waals surface area contributed by atoms with Gasteiger partial charge < -0.3 is 9.47 Å². The van der Waals surface area contributed by atoms with E-state index in [9.17, 15) is 4.79 Å². The molecule has 0 fully saturated rings. The average Bonchev–Trinajstić information content (AvgIpc) is 2.23. The SMILES string of the molecule is C=CCNC(C)(C(=O)OC)C(C)OC. The highest BCUT2D eigenvalue weighted by atomic mass is 16.5. The Labute approximate surface area is 85.3 Å². The van der Waals surface area contributed by atoms with Gasteiger partial charge in [0.15, 0.2) is 0 Å². The standard InChI is InChI=1S/C10H19NO3/c1-6-7-11-10(3,8(2)13-4)9(12)14-5/h6,8,11H,1,7H2,2-5H3. The van der Waals surface area contributed by atoms with Crippen molar-refractivity contribution in [1.82, 2.24) is 5.32 Å². The molecule has 0 spiro atoms. The summed E-state index contributed by atoms with van der Waals surface area (Å²) in [5.41, 5.74) is -0.836. The molecule has 1 N–H and O–H groups in total. The van der Waals surface area contributed by atoms with Crippen molar-refractivity contribution in [1.29, 1.82) is 0 Å². The maximum Gasteiger partial charge on any atom is 0.328 e. The first-order valence-electron chi connectivity index (χ1n) is 4.50. The summed E-state index contributed by atoms with van der Waals surface area (Å²) in [7, 11) is 2.92. The third-order valence-corrected chi connectivity index (χ3v) is 2.39. The smallest absolute Gasteiger partial charge is 0.328 e. The van der Waals surface area contributed by atoms with E-state index in [1.54, 1.807) is 20.1 Å². The van der Waals surface area contributed by atoms with E-state index >= 15 is 0 Å². The molecule has 0 bridgehead atoms. The van der Waals surface area contributed by atoms with Gasteiger partial charge in [-0.05, 0) is 13.8 Å². The van der Waals surface area contributed by atoms with E-state index < -0.39 is 5.54 Å². The molecule has 0 saturated heterocycles. The van der Waals surface area contributed by atoms with Gasteiger partial charge in [-0.2, -0.15) is 0 Å². The Morgan fingerprint density at radius 3 is 2.57 bits per heavy atom. The molecule has 0 amide bonds. The molecule has 4 nitrogen and oxygen atoms in total. The predicted octanol–water partition coefficient (Wildman–Crippen LogP) is 0.729. The summed E-state index contributed by atoms with van der Waals surface area (Å²) in [5.74, 6) is -0.339. The Balaban J connectivity index is 4.64. The van der Waals surface area contributed by atoms with Gasteiger partial charge in [0.2, 0.25) is 0 Å². The molecule has 4 heteroatoms. The van der Waals surface area contributed by atoms with Gasteiger partial charge in [-0.1, -0.05) is 6.08 Å². The number of carbonyl (C=O) groups is 1. The second-order valence-corrected chi connectivity index (χ2v) is 3.24. The minimum atomic E-state index is -0.836. The fraction of sp³-hybridized carbons (Fsp3) is 0.700. The second kappa shape index (κ2) is 5.78. The summed E-state index contributed by atoms with van der Waals surface area (Å²) in [6.07, 6.45) is 1.42. The molecule has 0 aliphatic carbocycles.